The van der Waals surface area contributed by atoms with Crippen molar-refractivity contribution in [3.05, 3.63) is 95.1 Å². The topological polar surface area (TPSA) is 86.2 Å². The van der Waals surface area contributed by atoms with E-state index in [4.69, 9.17) is 0 Å². The van der Waals surface area contributed by atoms with Gasteiger partial charge in [0.2, 0.25) is 0 Å². The van der Waals surface area contributed by atoms with Crippen LogP contribution >= 0.6 is 11.7 Å². The number of aromatic nitrogens is 2. The number of aliphatic carboxylic acids is 1. The van der Waals surface area contributed by atoms with Crippen LogP contribution in [0.5, 0.6) is 0 Å². The number of benzene rings is 3. The number of carboxylic acids is 1. The Hall–Kier alpha value is -2.84. The van der Waals surface area contributed by atoms with Gasteiger partial charge >= 0.3 is 29.6 Å². The first-order chi connectivity index (χ1) is 15.4. The quantitative estimate of drug-likeness (QED) is 0.223. The summed E-state index contributed by atoms with van der Waals surface area (Å²) < 4.78 is 8.36. The van der Waals surface area contributed by atoms with E-state index in [0.717, 1.165) is 23.0 Å². The van der Waals surface area contributed by atoms with Gasteiger partial charge in [-0.05, 0) is 35.4 Å². The largest absolute Gasteiger partial charge is 1.00 e. The molecular weight excluding hydrogens is 445 g/mol. The predicted molar refractivity (Wildman–Crippen MR) is 125 cm³/mol. The van der Waals surface area contributed by atoms with Crippen LogP contribution in [0.15, 0.2) is 78.4 Å². The van der Waals surface area contributed by atoms with Crippen molar-refractivity contribution in [2.75, 3.05) is 19.0 Å². The van der Waals surface area contributed by atoms with Crippen LogP contribution in [-0.4, -0.2) is 34.6 Å². The van der Waals surface area contributed by atoms with Crippen LogP contribution in [0.1, 0.15) is 21.5 Å². The average Bonchev–Trinajstić information content (AvgIpc) is 3.27. The Morgan fingerprint density at radius 2 is 1.55 bits per heavy atom. The van der Waals surface area contributed by atoms with Gasteiger partial charge < -0.3 is 14.8 Å². The van der Waals surface area contributed by atoms with E-state index in [0.29, 0.717) is 22.2 Å². The van der Waals surface area contributed by atoms with Crippen molar-refractivity contribution < 1.29 is 44.3 Å². The van der Waals surface area contributed by atoms with Crippen molar-refractivity contribution in [2.45, 2.75) is 6.42 Å². The fourth-order valence-electron chi connectivity index (χ4n) is 3.51. The molecule has 0 atom stereocenters. The second kappa shape index (κ2) is 10.9. The summed E-state index contributed by atoms with van der Waals surface area (Å²) in [5.74, 6) is -1.75. The summed E-state index contributed by atoms with van der Waals surface area (Å²) >= 11 is 1.05. The second-order valence-corrected chi connectivity index (χ2v) is 8.07. The predicted octanol–water partition coefficient (Wildman–Crippen LogP) is 0.390. The van der Waals surface area contributed by atoms with Crippen LogP contribution in [-0.2, 0) is 11.2 Å². The van der Waals surface area contributed by atoms with Crippen LogP contribution in [0.2, 0.25) is 0 Å². The van der Waals surface area contributed by atoms with Gasteiger partial charge in [0.1, 0.15) is 11.0 Å². The second-order valence-electron chi connectivity index (χ2n) is 7.54. The van der Waals surface area contributed by atoms with E-state index in [9.17, 15) is 14.7 Å². The summed E-state index contributed by atoms with van der Waals surface area (Å²) in [7, 11) is 3.88. The van der Waals surface area contributed by atoms with Crippen molar-refractivity contribution >= 4 is 45.8 Å². The molecule has 1 aromatic heterocycles. The third-order valence-electron chi connectivity index (χ3n) is 5.19. The van der Waals surface area contributed by atoms with Crippen molar-refractivity contribution in [3.8, 4) is 0 Å². The number of carbonyl (C=O) groups excluding carboxylic acids is 2. The summed E-state index contributed by atoms with van der Waals surface area (Å²) in [4.78, 5) is 27.8. The number of Topliss-reactive ketones (excluding diaryl/α,β-unsaturated/α-hetero) is 1. The molecule has 0 aliphatic rings. The Balaban J connectivity index is 0.00000306. The van der Waals surface area contributed by atoms with Gasteiger partial charge in [-0.1, -0.05) is 48.5 Å². The Kier molecular flexibility index (Phi) is 8.15. The molecular formula is C25H20N3NaO3S. The Bertz CT molecular complexity index is 1320. The third-order valence-corrected chi connectivity index (χ3v) is 5.75. The molecule has 0 unspecified atom stereocenters. The van der Waals surface area contributed by atoms with E-state index in [1.54, 1.807) is 42.5 Å². The molecule has 3 aromatic carbocycles. The maximum Gasteiger partial charge on any atom is 1.00 e. The normalized spacial score (nSPS) is 11.5. The smallest absolute Gasteiger partial charge is 0.545 e. The van der Waals surface area contributed by atoms with Gasteiger partial charge in [0.25, 0.3) is 0 Å². The zero-order valence-corrected chi connectivity index (χ0v) is 21.4. The molecule has 1 heterocycles. The van der Waals surface area contributed by atoms with Crippen LogP contribution < -0.4 is 39.6 Å². The molecule has 0 radical (unpaired) electrons. The average molecular weight is 466 g/mol. The van der Waals surface area contributed by atoms with Gasteiger partial charge in [0, 0.05) is 42.9 Å². The van der Waals surface area contributed by atoms with Gasteiger partial charge in [0.05, 0.1) is 17.7 Å². The molecule has 0 spiro atoms. The Morgan fingerprint density at radius 1 is 0.879 bits per heavy atom. The first kappa shape index (κ1) is 24.8. The summed E-state index contributed by atoms with van der Waals surface area (Å²) in [6.45, 7) is 0. The van der Waals surface area contributed by atoms with Gasteiger partial charge in [-0.3, -0.25) is 4.79 Å². The number of hydrogen-bond acceptors (Lipinski definition) is 7. The monoisotopic (exact) mass is 465 g/mol. The zero-order valence-electron chi connectivity index (χ0n) is 18.6. The molecule has 0 aliphatic carbocycles. The molecule has 0 amide bonds. The van der Waals surface area contributed by atoms with Crippen molar-refractivity contribution in [3.63, 3.8) is 0 Å². The number of rotatable bonds is 7. The van der Waals surface area contributed by atoms with E-state index in [1.165, 1.54) is 0 Å². The SMILES string of the molecule is CN(C)c1ccc(C/C(C(=O)c2ccccc2)=C(\C(=O)[O-])c2ccc3nsnc3c2)cc1.[Na+]. The Morgan fingerprint density at radius 3 is 2.18 bits per heavy atom. The number of allylic oxidation sites excluding steroid dienone is 1. The summed E-state index contributed by atoms with van der Waals surface area (Å²) in [6, 6.07) is 21.3. The van der Waals surface area contributed by atoms with Gasteiger partial charge in [-0.15, -0.1) is 0 Å². The fraction of sp³-hybridized carbons (Fsp3) is 0.120. The molecule has 4 rings (SSSR count). The standard InChI is InChI=1S/C25H21N3O3S.Na/c1-28(2)19-11-8-16(9-12-19)14-20(24(29)17-6-4-3-5-7-17)23(25(30)31)18-10-13-21-22(15-18)27-32-26-21;/h3-13,15H,14H2,1-2H3,(H,30,31);/q;+1/p-1/b23-20+;. The minimum Gasteiger partial charge on any atom is -0.545 e. The van der Waals surface area contributed by atoms with E-state index in [2.05, 4.69) is 8.75 Å². The first-order valence-electron chi connectivity index (χ1n) is 9.97. The first-order valence-corrected chi connectivity index (χ1v) is 10.7. The molecule has 0 saturated heterocycles. The molecule has 0 aliphatic heterocycles. The summed E-state index contributed by atoms with van der Waals surface area (Å²) in [6.07, 6.45) is 0.151. The Labute approximate surface area is 218 Å². The maximum absolute atomic E-state index is 13.5. The van der Waals surface area contributed by atoms with Gasteiger partial charge in [-0.2, -0.15) is 8.75 Å². The molecule has 33 heavy (non-hydrogen) atoms. The van der Waals surface area contributed by atoms with E-state index in [-0.39, 0.29) is 52.9 Å². The van der Waals surface area contributed by atoms with Crippen molar-refractivity contribution in [1.82, 2.24) is 8.75 Å². The van der Waals surface area contributed by atoms with E-state index >= 15 is 0 Å². The zero-order chi connectivity index (χ0) is 22.7. The number of carbonyl (C=O) groups is 2. The number of hydrogen-bond donors (Lipinski definition) is 0. The van der Waals surface area contributed by atoms with Crippen LogP contribution in [0.25, 0.3) is 16.6 Å². The van der Waals surface area contributed by atoms with E-state index < -0.39 is 5.97 Å². The third kappa shape index (κ3) is 5.57. The number of anilines is 1. The van der Waals surface area contributed by atoms with Crippen molar-refractivity contribution in [1.29, 1.82) is 0 Å². The van der Waals surface area contributed by atoms with Crippen molar-refractivity contribution in [2.24, 2.45) is 0 Å². The molecule has 0 N–H and O–H groups in total. The van der Waals surface area contributed by atoms with Gasteiger partial charge in [0.15, 0.2) is 5.78 Å². The van der Waals surface area contributed by atoms with Crippen LogP contribution in [0, 0.1) is 0 Å². The molecule has 8 heteroatoms. The van der Waals surface area contributed by atoms with Crippen LogP contribution in [0.4, 0.5) is 5.69 Å². The summed E-state index contributed by atoms with van der Waals surface area (Å²) in [5.41, 5.74) is 3.90. The molecule has 0 bridgehead atoms. The number of carboxylic acid groups (broad SMARTS) is 1. The van der Waals surface area contributed by atoms with Crippen LogP contribution in [0.3, 0.4) is 0 Å². The van der Waals surface area contributed by atoms with Gasteiger partial charge in [-0.25, -0.2) is 0 Å². The maximum atomic E-state index is 13.5. The number of ketones is 1. The molecule has 160 valence electrons. The summed E-state index contributed by atoms with van der Waals surface area (Å²) in [5, 5.41) is 12.3. The minimum absolute atomic E-state index is 0. The molecule has 4 aromatic rings. The fourth-order valence-corrected chi connectivity index (χ4v) is 4.03. The number of nitrogens with zero attached hydrogens (tertiary/aromatic N) is 3. The number of fused-ring (bicyclic) bond motifs is 1. The minimum atomic E-state index is -1.41. The molecule has 0 saturated carbocycles. The van der Waals surface area contributed by atoms with E-state index in [1.807, 2.05) is 49.3 Å². The molecule has 6 nitrogen and oxygen atoms in total. The molecule has 0 fully saturated rings.